The van der Waals surface area contributed by atoms with E-state index in [1.165, 1.54) is 11.3 Å². The summed E-state index contributed by atoms with van der Waals surface area (Å²) in [7, 11) is 0. The molecule has 0 unspecified atom stereocenters. The third-order valence-corrected chi connectivity index (χ3v) is 3.96. The van der Waals surface area contributed by atoms with Gasteiger partial charge in [-0.15, -0.1) is 11.3 Å². The van der Waals surface area contributed by atoms with Crippen molar-refractivity contribution in [3.05, 3.63) is 39.7 Å². The van der Waals surface area contributed by atoms with Gasteiger partial charge in [0.25, 0.3) is 0 Å². The second-order valence-corrected chi connectivity index (χ2v) is 5.86. The molecule has 3 nitrogen and oxygen atoms in total. The Morgan fingerprint density at radius 3 is 2.68 bits per heavy atom. The van der Waals surface area contributed by atoms with Crippen LogP contribution in [0.15, 0.2) is 34.1 Å². The molecule has 0 aliphatic rings. The van der Waals surface area contributed by atoms with E-state index in [2.05, 4.69) is 15.9 Å². The van der Waals surface area contributed by atoms with Crippen LogP contribution in [0.5, 0.6) is 0 Å². The summed E-state index contributed by atoms with van der Waals surface area (Å²) in [6, 6.07) is 7.76. The Balaban J connectivity index is 2.37. The van der Waals surface area contributed by atoms with Gasteiger partial charge in [0.2, 0.25) is 0 Å². The smallest absolute Gasteiger partial charge is 0.341 e. The lowest BCUT2D eigenvalue weighted by atomic mass is 10.0. The number of nitrogen functional groups attached to an aromatic ring is 1. The number of carbonyl (C=O) groups excluding carboxylic acids is 1. The number of esters is 1. The minimum atomic E-state index is -0.349. The average Bonchev–Trinajstić information content (AvgIpc) is 2.79. The van der Waals surface area contributed by atoms with Gasteiger partial charge in [0.05, 0.1) is 6.61 Å². The number of carbonyl (C=O) groups is 1. The lowest BCUT2D eigenvalue weighted by molar-refractivity contribution is 0.0508. The lowest BCUT2D eigenvalue weighted by Crippen LogP contribution is -2.08. The van der Waals surface area contributed by atoms with Gasteiger partial charge in [-0.25, -0.2) is 4.79 Å². The van der Waals surface area contributed by atoms with Crippen molar-refractivity contribution < 1.29 is 9.53 Å². The maximum absolute atomic E-state index is 12.0. The van der Waals surface area contributed by atoms with E-state index in [0.29, 0.717) is 17.2 Å². The van der Waals surface area contributed by atoms with E-state index in [0.717, 1.165) is 22.0 Å². The summed E-state index contributed by atoms with van der Waals surface area (Å²) in [6.07, 6.45) is 0.795. The molecule has 0 bridgehead atoms. The van der Waals surface area contributed by atoms with Gasteiger partial charge < -0.3 is 10.5 Å². The summed E-state index contributed by atoms with van der Waals surface area (Å²) in [5, 5.41) is 2.39. The SMILES string of the molecule is CCCOC(=O)c1c(-c2ccc(Br)cc2)csc1N. The maximum atomic E-state index is 12.0. The molecule has 5 heteroatoms. The summed E-state index contributed by atoms with van der Waals surface area (Å²) in [5.41, 5.74) is 8.15. The molecule has 0 fully saturated rings. The van der Waals surface area contributed by atoms with Gasteiger partial charge in [-0.3, -0.25) is 0 Å². The zero-order valence-corrected chi connectivity index (χ0v) is 12.9. The van der Waals surface area contributed by atoms with Crippen LogP contribution in [0.4, 0.5) is 5.00 Å². The van der Waals surface area contributed by atoms with Crippen molar-refractivity contribution in [3.8, 4) is 11.1 Å². The Hall–Kier alpha value is -1.33. The van der Waals surface area contributed by atoms with Gasteiger partial charge in [0.15, 0.2) is 0 Å². The number of anilines is 1. The first-order valence-corrected chi connectivity index (χ1v) is 7.60. The monoisotopic (exact) mass is 339 g/mol. The van der Waals surface area contributed by atoms with Crippen LogP contribution >= 0.6 is 27.3 Å². The predicted octanol–water partition coefficient (Wildman–Crippen LogP) is 4.33. The summed E-state index contributed by atoms with van der Waals surface area (Å²) >= 11 is 4.75. The molecule has 0 atom stereocenters. The molecule has 1 aromatic heterocycles. The van der Waals surface area contributed by atoms with Crippen molar-refractivity contribution in [1.82, 2.24) is 0 Å². The highest BCUT2D eigenvalue weighted by molar-refractivity contribution is 9.10. The van der Waals surface area contributed by atoms with Crippen molar-refractivity contribution >= 4 is 38.2 Å². The van der Waals surface area contributed by atoms with Crippen molar-refractivity contribution in [1.29, 1.82) is 0 Å². The normalized spacial score (nSPS) is 10.4. The van der Waals surface area contributed by atoms with Crippen LogP contribution in [0, 0.1) is 0 Å². The second-order valence-electron chi connectivity index (χ2n) is 4.03. The van der Waals surface area contributed by atoms with Gasteiger partial charge in [0, 0.05) is 15.4 Å². The molecule has 2 rings (SSSR count). The van der Waals surface area contributed by atoms with Gasteiger partial charge in [-0.1, -0.05) is 35.0 Å². The molecule has 0 saturated heterocycles. The Kier molecular flexibility index (Phi) is 4.61. The fraction of sp³-hybridized carbons (Fsp3) is 0.214. The minimum absolute atomic E-state index is 0.349. The predicted molar refractivity (Wildman–Crippen MR) is 82.4 cm³/mol. The van der Waals surface area contributed by atoms with Crippen molar-refractivity contribution in [2.75, 3.05) is 12.3 Å². The van der Waals surface area contributed by atoms with Crippen LogP contribution in [-0.4, -0.2) is 12.6 Å². The Morgan fingerprint density at radius 1 is 1.37 bits per heavy atom. The van der Waals surface area contributed by atoms with E-state index in [9.17, 15) is 4.79 Å². The number of thiophene rings is 1. The molecular weight excluding hydrogens is 326 g/mol. The third-order valence-electron chi connectivity index (χ3n) is 2.62. The fourth-order valence-electron chi connectivity index (χ4n) is 1.69. The molecule has 0 amide bonds. The van der Waals surface area contributed by atoms with E-state index in [4.69, 9.17) is 10.5 Å². The van der Waals surface area contributed by atoms with E-state index in [-0.39, 0.29) is 5.97 Å². The summed E-state index contributed by atoms with van der Waals surface area (Å²) in [5.74, 6) is -0.349. The highest BCUT2D eigenvalue weighted by Gasteiger charge is 2.19. The highest BCUT2D eigenvalue weighted by Crippen LogP contribution is 2.34. The molecule has 2 N–H and O–H groups in total. The number of rotatable bonds is 4. The van der Waals surface area contributed by atoms with Crippen LogP contribution in [-0.2, 0) is 4.74 Å². The summed E-state index contributed by atoms with van der Waals surface area (Å²) in [6.45, 7) is 2.37. The molecule has 0 saturated carbocycles. The standard InChI is InChI=1S/C14H14BrNO2S/c1-2-7-18-14(17)12-11(8-19-13(12)16)9-3-5-10(15)6-4-9/h3-6,8H,2,7,16H2,1H3. The second kappa shape index (κ2) is 6.21. The van der Waals surface area contributed by atoms with Crippen molar-refractivity contribution in [3.63, 3.8) is 0 Å². The van der Waals surface area contributed by atoms with Gasteiger partial charge in [-0.2, -0.15) is 0 Å². The number of ether oxygens (including phenoxy) is 1. The molecule has 0 aliphatic carbocycles. The number of nitrogens with two attached hydrogens (primary N) is 1. The van der Waals surface area contributed by atoms with Crippen LogP contribution in [0.3, 0.4) is 0 Å². The van der Waals surface area contributed by atoms with Crippen molar-refractivity contribution in [2.24, 2.45) is 0 Å². The van der Waals surface area contributed by atoms with Gasteiger partial charge >= 0.3 is 5.97 Å². The Bertz CT molecular complexity index is 578. The zero-order valence-electron chi connectivity index (χ0n) is 10.5. The Labute approximate surface area is 124 Å². The molecular formula is C14H14BrNO2S. The zero-order chi connectivity index (χ0) is 13.8. The molecule has 1 heterocycles. The fourth-order valence-corrected chi connectivity index (χ4v) is 2.77. The number of hydrogen-bond donors (Lipinski definition) is 1. The highest BCUT2D eigenvalue weighted by atomic mass is 79.9. The number of benzene rings is 1. The largest absolute Gasteiger partial charge is 0.462 e. The first-order valence-electron chi connectivity index (χ1n) is 5.93. The molecule has 0 aliphatic heterocycles. The van der Waals surface area contributed by atoms with E-state index in [1.54, 1.807) is 0 Å². The first kappa shape index (κ1) is 14.1. The minimum Gasteiger partial charge on any atom is -0.462 e. The third kappa shape index (κ3) is 3.16. The van der Waals surface area contributed by atoms with Crippen molar-refractivity contribution in [2.45, 2.75) is 13.3 Å². The van der Waals surface area contributed by atoms with Gasteiger partial charge in [0.1, 0.15) is 10.6 Å². The first-order chi connectivity index (χ1) is 9.13. The summed E-state index contributed by atoms with van der Waals surface area (Å²) < 4.78 is 6.18. The number of halogens is 1. The quantitative estimate of drug-likeness (QED) is 0.843. The summed E-state index contributed by atoms with van der Waals surface area (Å²) in [4.78, 5) is 12.0. The van der Waals surface area contributed by atoms with E-state index in [1.807, 2.05) is 36.6 Å². The van der Waals surface area contributed by atoms with E-state index < -0.39 is 0 Å². The van der Waals surface area contributed by atoms with E-state index >= 15 is 0 Å². The Morgan fingerprint density at radius 2 is 2.05 bits per heavy atom. The van der Waals surface area contributed by atoms with Crippen LogP contribution in [0.1, 0.15) is 23.7 Å². The molecule has 0 spiro atoms. The molecule has 0 radical (unpaired) electrons. The molecule has 19 heavy (non-hydrogen) atoms. The van der Waals surface area contributed by atoms with Crippen LogP contribution in [0.2, 0.25) is 0 Å². The number of hydrogen-bond acceptors (Lipinski definition) is 4. The maximum Gasteiger partial charge on any atom is 0.341 e. The lowest BCUT2D eigenvalue weighted by Gasteiger charge is -2.06. The molecule has 1 aromatic carbocycles. The molecule has 100 valence electrons. The molecule has 2 aromatic rings. The van der Waals surface area contributed by atoms with Crippen LogP contribution in [0.25, 0.3) is 11.1 Å². The average molecular weight is 340 g/mol. The topological polar surface area (TPSA) is 52.3 Å². The van der Waals surface area contributed by atoms with Gasteiger partial charge in [-0.05, 0) is 24.1 Å². The van der Waals surface area contributed by atoms with Crippen LogP contribution < -0.4 is 5.73 Å².